The Hall–Kier alpha value is -2.08. The lowest BCUT2D eigenvalue weighted by Gasteiger charge is -2.11. The van der Waals surface area contributed by atoms with Gasteiger partial charge in [-0.1, -0.05) is 54.1 Å². The average Bonchev–Trinajstić information content (AvgIpc) is 2.54. The van der Waals surface area contributed by atoms with E-state index in [0.717, 1.165) is 16.5 Å². The Balaban J connectivity index is 0.00000208. The van der Waals surface area contributed by atoms with Gasteiger partial charge in [-0.2, -0.15) is 0 Å². The second-order valence-electron chi connectivity index (χ2n) is 5.51. The summed E-state index contributed by atoms with van der Waals surface area (Å²) in [5.74, 6) is 0. The summed E-state index contributed by atoms with van der Waals surface area (Å²) in [4.78, 5) is 0.245. The summed E-state index contributed by atoms with van der Waals surface area (Å²) in [5, 5.41) is 1.37. The van der Waals surface area contributed by atoms with Gasteiger partial charge >= 0.3 is 0 Å². The van der Waals surface area contributed by atoms with Crippen molar-refractivity contribution < 1.29 is 8.42 Å². The van der Waals surface area contributed by atoms with Crippen molar-refractivity contribution in [3.8, 4) is 0 Å². The van der Waals surface area contributed by atoms with Crippen LogP contribution in [-0.2, 0) is 16.6 Å². The van der Waals surface area contributed by atoms with Gasteiger partial charge in [-0.25, -0.2) is 13.1 Å². The molecule has 6 heteroatoms. The van der Waals surface area contributed by atoms with Crippen LogP contribution in [0.3, 0.4) is 0 Å². The van der Waals surface area contributed by atoms with Crippen LogP contribution in [0.2, 0.25) is 0 Å². The summed E-state index contributed by atoms with van der Waals surface area (Å²) in [6.45, 7) is 2.25. The van der Waals surface area contributed by atoms with E-state index >= 15 is 0 Å². The van der Waals surface area contributed by atoms with Crippen molar-refractivity contribution in [3.63, 3.8) is 0 Å². The number of nitrogens with one attached hydrogen (secondary N) is 1. The van der Waals surface area contributed by atoms with E-state index in [0.29, 0.717) is 11.1 Å². The second kappa shape index (κ2) is 7.21. The second-order valence-corrected chi connectivity index (χ2v) is 7.24. The Morgan fingerprint density at radius 3 is 2.25 bits per heavy atom. The first kappa shape index (κ1) is 18.3. The van der Waals surface area contributed by atoms with Crippen molar-refractivity contribution in [2.75, 3.05) is 5.73 Å². The van der Waals surface area contributed by atoms with Gasteiger partial charge in [0.25, 0.3) is 0 Å². The fraction of sp³-hybridized carbons (Fsp3) is 0.111. The largest absolute Gasteiger partial charge is 0.398 e. The van der Waals surface area contributed by atoms with Crippen molar-refractivity contribution in [1.29, 1.82) is 0 Å². The summed E-state index contributed by atoms with van der Waals surface area (Å²) >= 11 is 0. The van der Waals surface area contributed by atoms with E-state index in [-0.39, 0.29) is 23.8 Å². The van der Waals surface area contributed by atoms with Gasteiger partial charge in [0.1, 0.15) is 0 Å². The van der Waals surface area contributed by atoms with E-state index in [2.05, 4.69) is 4.72 Å². The molecule has 0 fully saturated rings. The molecule has 24 heavy (non-hydrogen) atoms. The predicted octanol–water partition coefficient (Wildman–Crippen LogP) is 3.63. The molecular formula is C18H19ClN2O2S. The van der Waals surface area contributed by atoms with Crippen LogP contribution in [0.4, 0.5) is 5.69 Å². The summed E-state index contributed by atoms with van der Waals surface area (Å²) in [6.07, 6.45) is 0. The smallest absolute Gasteiger partial charge is 0.241 e. The molecule has 0 heterocycles. The molecule has 0 unspecified atom stereocenters. The molecule has 0 aliphatic carbocycles. The third-order valence-corrected chi connectivity index (χ3v) is 5.25. The number of halogens is 1. The SMILES string of the molecule is Cc1ccc(CNS(=O)(=O)c2cccc3c(N)cccc23)cc1.Cl. The van der Waals surface area contributed by atoms with E-state index < -0.39 is 10.0 Å². The third kappa shape index (κ3) is 3.70. The topological polar surface area (TPSA) is 72.2 Å². The van der Waals surface area contributed by atoms with Crippen LogP contribution in [0, 0.1) is 6.92 Å². The Bertz CT molecular complexity index is 954. The molecule has 0 aromatic heterocycles. The molecule has 3 N–H and O–H groups in total. The monoisotopic (exact) mass is 362 g/mol. The Morgan fingerprint density at radius 2 is 1.54 bits per heavy atom. The number of hydrogen-bond acceptors (Lipinski definition) is 3. The van der Waals surface area contributed by atoms with Crippen LogP contribution < -0.4 is 10.5 Å². The molecule has 0 radical (unpaired) electrons. The fourth-order valence-electron chi connectivity index (χ4n) is 2.50. The highest BCUT2D eigenvalue weighted by atomic mass is 35.5. The molecule has 0 saturated carbocycles. The highest BCUT2D eigenvalue weighted by molar-refractivity contribution is 7.89. The quantitative estimate of drug-likeness (QED) is 0.696. The normalized spacial score (nSPS) is 11.2. The maximum atomic E-state index is 12.6. The molecule has 4 nitrogen and oxygen atoms in total. The number of fused-ring (bicyclic) bond motifs is 1. The predicted molar refractivity (Wildman–Crippen MR) is 101 cm³/mol. The van der Waals surface area contributed by atoms with Crippen LogP contribution in [-0.4, -0.2) is 8.42 Å². The number of nitrogens with two attached hydrogens (primary N) is 1. The zero-order valence-electron chi connectivity index (χ0n) is 13.2. The maximum Gasteiger partial charge on any atom is 0.241 e. The van der Waals surface area contributed by atoms with Gasteiger partial charge in [-0.05, 0) is 24.6 Å². The van der Waals surface area contributed by atoms with Crippen LogP contribution in [0.1, 0.15) is 11.1 Å². The van der Waals surface area contributed by atoms with E-state index in [9.17, 15) is 8.42 Å². The van der Waals surface area contributed by atoms with Gasteiger partial charge < -0.3 is 5.73 Å². The van der Waals surface area contributed by atoms with Crippen LogP contribution in [0.25, 0.3) is 10.8 Å². The van der Waals surface area contributed by atoms with Crippen molar-refractivity contribution in [2.45, 2.75) is 18.4 Å². The lowest BCUT2D eigenvalue weighted by molar-refractivity contribution is 0.582. The zero-order chi connectivity index (χ0) is 16.4. The lowest BCUT2D eigenvalue weighted by atomic mass is 10.1. The van der Waals surface area contributed by atoms with Crippen LogP contribution >= 0.6 is 12.4 Å². The summed E-state index contributed by atoms with van der Waals surface area (Å²) in [6, 6.07) is 18.2. The standard InChI is InChI=1S/C18H18N2O2S.ClH/c1-13-8-10-14(11-9-13)12-20-23(21,22)18-7-3-4-15-16(18)5-2-6-17(15)19;/h2-11,20H,12,19H2,1H3;1H. The molecule has 0 amide bonds. The first-order valence-corrected chi connectivity index (χ1v) is 8.78. The maximum absolute atomic E-state index is 12.6. The molecule has 3 aromatic carbocycles. The molecule has 3 rings (SSSR count). The molecular weight excluding hydrogens is 344 g/mol. The summed E-state index contributed by atoms with van der Waals surface area (Å²) < 4.78 is 27.9. The number of anilines is 1. The Labute approximate surface area is 148 Å². The third-order valence-electron chi connectivity index (χ3n) is 3.79. The molecule has 0 atom stereocenters. The fourth-order valence-corrected chi connectivity index (χ4v) is 3.74. The molecule has 126 valence electrons. The first-order valence-electron chi connectivity index (χ1n) is 7.30. The molecule has 0 aliphatic heterocycles. The molecule has 0 spiro atoms. The number of benzene rings is 3. The Kier molecular flexibility index (Phi) is 5.49. The van der Waals surface area contributed by atoms with Crippen LogP contribution in [0.5, 0.6) is 0 Å². The van der Waals surface area contributed by atoms with E-state index in [1.807, 2.05) is 37.3 Å². The van der Waals surface area contributed by atoms with Crippen molar-refractivity contribution in [3.05, 3.63) is 71.8 Å². The van der Waals surface area contributed by atoms with Crippen LogP contribution in [0.15, 0.2) is 65.6 Å². The van der Waals surface area contributed by atoms with Gasteiger partial charge in [0, 0.05) is 23.0 Å². The molecule has 0 bridgehead atoms. The molecule has 3 aromatic rings. The van der Waals surface area contributed by atoms with Crippen molar-refractivity contribution in [1.82, 2.24) is 4.72 Å². The number of hydrogen-bond donors (Lipinski definition) is 2. The van der Waals surface area contributed by atoms with Crippen molar-refractivity contribution in [2.24, 2.45) is 0 Å². The minimum absolute atomic E-state index is 0. The van der Waals surface area contributed by atoms with Gasteiger partial charge in [0.2, 0.25) is 10.0 Å². The first-order chi connectivity index (χ1) is 11.0. The Morgan fingerprint density at radius 1 is 0.917 bits per heavy atom. The van der Waals surface area contributed by atoms with Crippen molar-refractivity contribution >= 4 is 38.9 Å². The van der Waals surface area contributed by atoms with Gasteiger partial charge in [0.05, 0.1) is 4.90 Å². The number of sulfonamides is 1. The van der Waals surface area contributed by atoms with E-state index in [1.165, 1.54) is 0 Å². The highest BCUT2D eigenvalue weighted by Gasteiger charge is 2.17. The van der Waals surface area contributed by atoms with E-state index in [1.54, 1.807) is 30.3 Å². The summed E-state index contributed by atoms with van der Waals surface area (Å²) in [7, 11) is -3.62. The van der Waals surface area contributed by atoms with Gasteiger partial charge in [0.15, 0.2) is 0 Å². The lowest BCUT2D eigenvalue weighted by Crippen LogP contribution is -2.23. The molecule has 0 aliphatic rings. The minimum Gasteiger partial charge on any atom is -0.398 e. The zero-order valence-corrected chi connectivity index (χ0v) is 14.8. The van der Waals surface area contributed by atoms with Gasteiger partial charge in [-0.3, -0.25) is 0 Å². The highest BCUT2D eigenvalue weighted by Crippen LogP contribution is 2.27. The average molecular weight is 363 g/mol. The minimum atomic E-state index is -3.62. The summed E-state index contributed by atoms with van der Waals surface area (Å²) in [5.41, 5.74) is 8.56. The number of aryl methyl sites for hydroxylation is 1. The van der Waals surface area contributed by atoms with Gasteiger partial charge in [-0.15, -0.1) is 12.4 Å². The number of rotatable bonds is 4. The van der Waals surface area contributed by atoms with E-state index in [4.69, 9.17) is 5.73 Å². The number of nitrogen functional groups attached to an aromatic ring is 1. The molecule has 0 saturated heterocycles.